The van der Waals surface area contributed by atoms with Gasteiger partial charge in [0, 0.05) is 155 Å². The van der Waals surface area contributed by atoms with Crippen LogP contribution in [0.2, 0.25) is 0 Å². The Morgan fingerprint density at radius 1 is 0.495 bits per heavy atom. The summed E-state index contributed by atoms with van der Waals surface area (Å²) in [5.41, 5.74) is 12.6. The number of halogens is 4. The van der Waals surface area contributed by atoms with Gasteiger partial charge in [0.1, 0.15) is 11.9 Å². The van der Waals surface area contributed by atoms with E-state index in [4.69, 9.17) is 16.8 Å². The number of aryl methyl sites for hydroxylation is 1. The number of nitrogens with zero attached hydrogens (tertiary/aromatic N) is 7. The average Bonchev–Trinajstić information content (AvgIpc) is 1.59. The van der Waals surface area contributed by atoms with Crippen molar-refractivity contribution in [2.75, 3.05) is 0 Å². The van der Waals surface area contributed by atoms with Gasteiger partial charge in [-0.05, 0) is 115 Å². The zero-order chi connectivity index (χ0) is 67.6. The molecule has 1 aliphatic carbocycles. The van der Waals surface area contributed by atoms with Gasteiger partial charge < -0.3 is 35.1 Å². The molecule has 12 aromatic rings. The second kappa shape index (κ2) is 43.7. The van der Waals surface area contributed by atoms with Crippen LogP contribution >= 0.6 is 0 Å². The Morgan fingerprint density at radius 3 is 1.49 bits per heavy atom. The normalized spacial score (nSPS) is 10.7. The summed E-state index contributed by atoms with van der Waals surface area (Å²) in [4.78, 5) is 46.9. The van der Waals surface area contributed by atoms with Gasteiger partial charge in [-0.1, -0.05) is 133 Å². The summed E-state index contributed by atoms with van der Waals surface area (Å²) in [6.07, 6.45) is 10.8. The third-order valence-electron chi connectivity index (χ3n) is 13.5. The van der Waals surface area contributed by atoms with Crippen molar-refractivity contribution in [3.8, 4) is 67.4 Å². The number of carbonyl (C=O) groups excluding carboxylic acids is 2. The quantitative estimate of drug-likeness (QED) is 0.0518. The summed E-state index contributed by atoms with van der Waals surface area (Å²) in [6.45, 7) is 18.9. The number of ketones is 2. The minimum Gasteiger partial charge on any atom is -0.512 e. The molecule has 6 heterocycles. The molecule has 0 atom stereocenters. The van der Waals surface area contributed by atoms with E-state index >= 15 is 0 Å². The smallest absolute Gasteiger partial charge is 0.176 e. The molecule has 0 saturated carbocycles. The first kappa shape index (κ1) is 86.4. The maximum atomic E-state index is 13.8. The molecule has 0 spiro atoms. The number of aromatic nitrogens is 6. The first-order valence-corrected chi connectivity index (χ1v) is 29.1. The van der Waals surface area contributed by atoms with Crippen LogP contribution in [-0.4, -0.2) is 51.7 Å². The van der Waals surface area contributed by atoms with Crippen molar-refractivity contribution in [1.29, 1.82) is 0 Å². The van der Waals surface area contributed by atoms with E-state index in [1.807, 2.05) is 98.0 Å². The van der Waals surface area contributed by atoms with Gasteiger partial charge in [0.05, 0.1) is 18.1 Å². The average molecular weight is 2210 g/mol. The van der Waals surface area contributed by atoms with Gasteiger partial charge in [-0.2, -0.15) is 0 Å². The number of carbonyl (C=O) groups is 2. The SMILES string of the molecule is CC(=O)C=C(C)O.CC(=O)C=C(C)O.CC1(C)c2ccccc2-c2c[c-]c(-c3nccc4ccccc34)cc21.Fc1c[c-]c(-c2ccccn2)c(F)n1.[C-]#[N+]c1c(F)c[c-]c(-c2cc(C)ccn2)c1F.[Ir].[Ir].[Ir].[Ir].[Ir].[c-]1ccccc1-c1ccccn1.[c-]1ccccc1-c1ccccn1. The molecule has 0 saturated heterocycles. The first-order valence-electron chi connectivity index (χ1n) is 29.1. The van der Waals surface area contributed by atoms with Crippen molar-refractivity contribution in [1.82, 2.24) is 29.9 Å². The van der Waals surface area contributed by atoms with E-state index < -0.39 is 29.2 Å². The number of benzene rings is 6. The molecule has 2 N–H and O–H groups in total. The van der Waals surface area contributed by atoms with Crippen molar-refractivity contribution in [2.45, 2.75) is 53.9 Å². The second-order valence-electron chi connectivity index (χ2n) is 21.1. The Labute approximate surface area is 642 Å². The molecule has 11 nitrogen and oxygen atoms in total. The Morgan fingerprint density at radius 2 is 1.00 bits per heavy atom. The maximum absolute atomic E-state index is 13.8. The topological polar surface area (TPSA) is 156 Å². The van der Waals surface area contributed by atoms with Crippen molar-refractivity contribution >= 4 is 28.0 Å². The van der Waals surface area contributed by atoms with E-state index in [2.05, 4.69) is 146 Å². The van der Waals surface area contributed by atoms with Crippen molar-refractivity contribution in [3.05, 3.63) is 331 Å². The van der Waals surface area contributed by atoms with Crippen molar-refractivity contribution in [2.24, 2.45) is 0 Å². The molecule has 20 heteroatoms. The number of aliphatic hydroxyl groups is 2. The Balaban J connectivity index is 0.000000406. The Bertz CT molecular complexity index is 4430. The van der Waals surface area contributed by atoms with E-state index in [1.54, 1.807) is 42.7 Å². The van der Waals surface area contributed by atoms with Crippen LogP contribution in [0.15, 0.2) is 249 Å². The third kappa shape index (κ3) is 25.9. The summed E-state index contributed by atoms with van der Waals surface area (Å²) in [5, 5.41) is 19.1. The molecule has 5 radical (unpaired) electrons. The maximum Gasteiger partial charge on any atom is 0.176 e. The second-order valence-corrected chi connectivity index (χ2v) is 21.1. The van der Waals surface area contributed by atoms with Crippen LogP contribution in [-0.2, 0) is 116 Å². The van der Waals surface area contributed by atoms with E-state index in [-0.39, 0.29) is 140 Å². The summed E-state index contributed by atoms with van der Waals surface area (Å²) in [5.74, 6) is -3.74. The van der Waals surface area contributed by atoms with Crippen molar-refractivity contribution in [3.63, 3.8) is 0 Å². The fourth-order valence-corrected chi connectivity index (χ4v) is 9.36. The van der Waals surface area contributed by atoms with Crippen molar-refractivity contribution < 1.29 is 138 Å². The largest absolute Gasteiger partial charge is 0.512 e. The van der Waals surface area contributed by atoms with Crippen LogP contribution in [0, 0.1) is 67.4 Å². The molecule has 1 aliphatic rings. The summed E-state index contributed by atoms with van der Waals surface area (Å²) in [7, 11) is 0. The van der Waals surface area contributed by atoms with Gasteiger partial charge in [0.25, 0.3) is 0 Å². The van der Waals surface area contributed by atoms with Gasteiger partial charge in [-0.3, -0.25) is 28.2 Å². The Hall–Kier alpha value is -8.64. The number of hydrogen-bond donors (Lipinski definition) is 2. The van der Waals surface area contributed by atoms with Crippen LogP contribution < -0.4 is 0 Å². The number of pyridine rings is 6. The standard InChI is InChI=1S/C24H18N.C13H7F2N2.2C11H8N.C10H5F2N2.2C5H8O2.5Ir/c1-24(2)21-10-6-5-9-19(21)20-12-11-17(15-22(20)24)23-18-8-4-3-7-16(18)13-14-25-23;1-8-5-6-17-11(7-8)9-3-4-10(14)13(16-2)12(9)15;2*1-2-6-10(7-3-1)11-8-4-5-9-12-11;11-9-5-4-7(10(12)14-9)8-3-1-2-6-13-8;2*1-4(6)3-5(2)7;;;;;/h3-10,12-15H,1-2H3;4-7H,1H3;2*1-6,8-9H;1-3,5-6H;2*3,6H,1-2H3;;;;;/q5*-1;;;;;;;. The summed E-state index contributed by atoms with van der Waals surface area (Å²) < 4.78 is 52.5. The predicted molar refractivity (Wildman–Crippen MR) is 360 cm³/mol. The summed E-state index contributed by atoms with van der Waals surface area (Å²) >= 11 is 0. The van der Waals surface area contributed by atoms with Crippen LogP contribution in [0.1, 0.15) is 58.2 Å². The van der Waals surface area contributed by atoms with E-state index in [0.29, 0.717) is 11.4 Å². The Kier molecular flexibility index (Phi) is 38.2. The minimum absolute atomic E-state index is 0. The molecule has 0 amide bonds. The zero-order valence-electron chi connectivity index (χ0n) is 54.0. The monoisotopic (exact) mass is 2210 g/mol. The number of hydrogen-bond acceptors (Lipinski definition) is 10. The van der Waals surface area contributed by atoms with Gasteiger partial charge in [-0.25, -0.2) is 8.78 Å². The fourth-order valence-electron chi connectivity index (χ4n) is 9.36. The van der Waals surface area contributed by atoms with Gasteiger partial charge in [0.15, 0.2) is 17.3 Å². The van der Waals surface area contributed by atoms with E-state index in [0.717, 1.165) is 51.5 Å². The zero-order valence-corrected chi connectivity index (χ0v) is 66.0. The van der Waals surface area contributed by atoms with E-state index in [1.165, 1.54) is 85.3 Å². The molecule has 6 aromatic heterocycles. The number of aliphatic hydroxyl groups excluding tert-OH is 2. The number of rotatable bonds is 7. The number of allylic oxidation sites excluding steroid dienone is 4. The predicted octanol–water partition coefficient (Wildman–Crippen LogP) is 19.1. The minimum atomic E-state index is -0.918. The molecule has 0 aliphatic heterocycles. The molecule has 0 fully saturated rings. The molecular formula is C79H62F4Ir5N7O4-5. The third-order valence-corrected chi connectivity index (χ3v) is 13.5. The molecule has 515 valence electrons. The van der Waals surface area contributed by atoms with Crippen LogP contribution in [0.4, 0.5) is 23.2 Å². The van der Waals surface area contributed by atoms with Gasteiger partial charge >= 0.3 is 0 Å². The van der Waals surface area contributed by atoms with Crippen LogP contribution in [0.3, 0.4) is 0 Å². The fraction of sp³-hybridized carbons (Fsp3) is 0.101. The first-order chi connectivity index (χ1) is 45.2. The van der Waals surface area contributed by atoms with Crippen LogP contribution in [0.5, 0.6) is 0 Å². The molecule has 0 unspecified atom stereocenters. The molecular weight excluding hydrogens is 2150 g/mol. The molecule has 6 aromatic carbocycles. The van der Waals surface area contributed by atoms with Gasteiger partial charge in [-0.15, -0.1) is 125 Å². The molecule has 13 rings (SSSR count). The summed E-state index contributed by atoms with van der Waals surface area (Å²) in [6, 6.07) is 76.0. The van der Waals surface area contributed by atoms with Gasteiger partial charge in [0.2, 0.25) is 0 Å². The van der Waals surface area contributed by atoms with Crippen LogP contribution in [0.25, 0.3) is 83.0 Å². The number of fused-ring (bicyclic) bond motifs is 4. The van der Waals surface area contributed by atoms with E-state index in [9.17, 15) is 27.2 Å². The molecule has 99 heavy (non-hydrogen) atoms. The molecule has 0 bridgehead atoms.